The molecule has 0 N–H and O–H groups in total. The fraction of sp³-hybridized carbons (Fsp3) is 0.308. The highest BCUT2D eigenvalue weighted by atomic mass is 16.6. The third-order valence-corrected chi connectivity index (χ3v) is 8.00. The van der Waals surface area contributed by atoms with Crippen molar-refractivity contribution in [1.29, 1.82) is 0 Å². The van der Waals surface area contributed by atoms with Crippen LogP contribution in [0, 0.1) is 0 Å². The quantitative estimate of drug-likeness (QED) is 0.143. The van der Waals surface area contributed by atoms with Crippen LogP contribution in [0.5, 0.6) is 17.5 Å². The van der Waals surface area contributed by atoms with Gasteiger partial charge >= 0.3 is 6.09 Å². The molecule has 9 nitrogen and oxygen atoms in total. The van der Waals surface area contributed by atoms with Crippen molar-refractivity contribution in [2.24, 2.45) is 0 Å². The molecular formula is C39H42N4O5. The molecule has 48 heavy (non-hydrogen) atoms. The first-order chi connectivity index (χ1) is 23.3. The van der Waals surface area contributed by atoms with E-state index in [4.69, 9.17) is 23.9 Å². The summed E-state index contributed by atoms with van der Waals surface area (Å²) in [6.07, 6.45) is 5.28. The summed E-state index contributed by atoms with van der Waals surface area (Å²) in [5.41, 5.74) is 4.44. The molecule has 0 unspecified atom stereocenters. The Morgan fingerprint density at radius 2 is 1.38 bits per heavy atom. The lowest BCUT2D eigenvalue weighted by atomic mass is 10.1. The number of ether oxygens (including phenoxy) is 4. The second-order valence-corrected chi connectivity index (χ2v) is 12.9. The summed E-state index contributed by atoms with van der Waals surface area (Å²) in [6.45, 7) is 8.17. The van der Waals surface area contributed by atoms with Gasteiger partial charge in [0.05, 0.1) is 12.2 Å². The van der Waals surface area contributed by atoms with Crippen LogP contribution < -0.4 is 14.2 Å². The molecule has 0 saturated carbocycles. The Morgan fingerprint density at radius 1 is 0.750 bits per heavy atom. The molecule has 5 aromatic rings. The molecule has 3 heterocycles. The van der Waals surface area contributed by atoms with Crippen LogP contribution in [0.4, 0.5) is 4.79 Å². The Morgan fingerprint density at radius 3 is 2.02 bits per heavy atom. The first-order valence-electron chi connectivity index (χ1n) is 16.4. The molecule has 0 atom stereocenters. The van der Waals surface area contributed by atoms with Gasteiger partial charge in [-0.2, -0.15) is 10.1 Å². The van der Waals surface area contributed by atoms with Gasteiger partial charge in [0.25, 0.3) is 0 Å². The Kier molecular flexibility index (Phi) is 10.2. The molecule has 2 aromatic heterocycles. The Bertz CT molecular complexity index is 1760. The molecule has 1 aliphatic heterocycles. The largest absolute Gasteiger partial charge is 0.489 e. The van der Waals surface area contributed by atoms with Gasteiger partial charge in [-0.3, -0.25) is 4.68 Å². The number of carbonyl (C=O) groups excluding carboxylic acids is 1. The Labute approximate surface area is 282 Å². The van der Waals surface area contributed by atoms with E-state index in [9.17, 15) is 4.79 Å². The molecule has 1 saturated heterocycles. The van der Waals surface area contributed by atoms with Crippen LogP contribution in [0.1, 0.15) is 56.3 Å². The summed E-state index contributed by atoms with van der Waals surface area (Å²) in [5, 5.41) is 4.59. The Balaban J connectivity index is 1.06. The average molecular weight is 647 g/mol. The molecular weight excluding hydrogens is 604 g/mol. The van der Waals surface area contributed by atoms with Crippen molar-refractivity contribution in [3.63, 3.8) is 0 Å². The first-order valence-corrected chi connectivity index (χ1v) is 16.4. The standard InChI is InChI=1S/C39H42N4O5/c1-39(2,3)48-38(44)42-22-20-33(21-23-42)43-25-31(24-40-43)28-45-34-16-14-32(15-17-34)35-18-19-36(46-26-29-10-6-4-7-11-29)41-37(35)47-27-30-12-8-5-9-13-30/h4-19,24-25,33H,20-23,26-28H2,1-3H3. The van der Waals surface area contributed by atoms with Gasteiger partial charge in [0, 0.05) is 36.5 Å². The highest BCUT2D eigenvalue weighted by Gasteiger charge is 2.28. The summed E-state index contributed by atoms with van der Waals surface area (Å²) in [5.74, 6) is 1.75. The number of aromatic nitrogens is 3. The molecule has 1 fully saturated rings. The molecule has 0 spiro atoms. The minimum Gasteiger partial charge on any atom is -0.489 e. The lowest BCUT2D eigenvalue weighted by molar-refractivity contribution is 0.0184. The average Bonchev–Trinajstić information content (AvgIpc) is 3.59. The number of carbonyl (C=O) groups is 1. The van der Waals surface area contributed by atoms with Gasteiger partial charge in [0.2, 0.25) is 11.8 Å². The van der Waals surface area contributed by atoms with Crippen molar-refractivity contribution in [2.45, 2.75) is 65.1 Å². The third kappa shape index (κ3) is 8.94. The molecule has 1 aliphatic rings. The maximum absolute atomic E-state index is 12.4. The lowest BCUT2D eigenvalue weighted by Crippen LogP contribution is -2.42. The van der Waals surface area contributed by atoms with Crippen molar-refractivity contribution in [3.05, 3.63) is 126 Å². The topological polar surface area (TPSA) is 87.9 Å². The van der Waals surface area contributed by atoms with Crippen LogP contribution in [0.2, 0.25) is 0 Å². The van der Waals surface area contributed by atoms with E-state index < -0.39 is 5.60 Å². The number of rotatable bonds is 11. The minimum atomic E-state index is -0.494. The van der Waals surface area contributed by atoms with Crippen molar-refractivity contribution in [3.8, 4) is 28.6 Å². The van der Waals surface area contributed by atoms with Gasteiger partial charge in [0.15, 0.2) is 0 Å². The smallest absolute Gasteiger partial charge is 0.410 e. The molecule has 1 amide bonds. The number of pyridine rings is 1. The van der Waals surface area contributed by atoms with Crippen LogP contribution >= 0.6 is 0 Å². The maximum atomic E-state index is 12.4. The minimum absolute atomic E-state index is 0.235. The van der Waals surface area contributed by atoms with Crippen molar-refractivity contribution >= 4 is 6.09 Å². The van der Waals surface area contributed by atoms with E-state index in [0.29, 0.717) is 44.7 Å². The van der Waals surface area contributed by atoms with Gasteiger partial charge in [0.1, 0.15) is 31.2 Å². The summed E-state index contributed by atoms with van der Waals surface area (Å²) in [6, 6.07) is 32.1. The fourth-order valence-electron chi connectivity index (χ4n) is 5.48. The van der Waals surface area contributed by atoms with Crippen molar-refractivity contribution in [2.75, 3.05) is 13.1 Å². The summed E-state index contributed by atoms with van der Waals surface area (Å²) < 4.78 is 25.9. The van der Waals surface area contributed by atoms with E-state index in [2.05, 4.69) is 5.10 Å². The van der Waals surface area contributed by atoms with Crippen LogP contribution in [0.3, 0.4) is 0 Å². The number of benzene rings is 3. The fourth-order valence-corrected chi connectivity index (χ4v) is 5.48. The zero-order chi connectivity index (χ0) is 33.3. The second-order valence-electron chi connectivity index (χ2n) is 12.9. The van der Waals surface area contributed by atoms with Gasteiger partial charge in [-0.1, -0.05) is 72.8 Å². The van der Waals surface area contributed by atoms with Crippen molar-refractivity contribution in [1.82, 2.24) is 19.7 Å². The number of piperidine rings is 1. The predicted octanol–water partition coefficient (Wildman–Crippen LogP) is 8.25. The van der Waals surface area contributed by atoms with Gasteiger partial charge in [-0.15, -0.1) is 0 Å². The number of amides is 1. The highest BCUT2D eigenvalue weighted by molar-refractivity contribution is 5.70. The van der Waals surface area contributed by atoms with E-state index in [1.54, 1.807) is 4.90 Å². The SMILES string of the molecule is CC(C)(C)OC(=O)N1CCC(n2cc(COc3ccc(-c4ccc(OCc5ccccc5)nc4OCc4ccccc4)cc3)cn2)CC1. The van der Waals surface area contributed by atoms with E-state index in [-0.39, 0.29) is 12.1 Å². The molecule has 0 radical (unpaired) electrons. The lowest BCUT2D eigenvalue weighted by Gasteiger charge is -2.33. The zero-order valence-corrected chi connectivity index (χ0v) is 27.7. The van der Waals surface area contributed by atoms with Crippen LogP contribution in [0.15, 0.2) is 109 Å². The zero-order valence-electron chi connectivity index (χ0n) is 27.7. The van der Waals surface area contributed by atoms with Gasteiger partial charge in [-0.25, -0.2) is 4.79 Å². The summed E-state index contributed by atoms with van der Waals surface area (Å²) in [7, 11) is 0. The van der Waals surface area contributed by atoms with Crippen LogP contribution in [-0.2, 0) is 24.6 Å². The molecule has 3 aromatic carbocycles. The van der Waals surface area contributed by atoms with Gasteiger partial charge in [-0.05, 0) is 68.5 Å². The highest BCUT2D eigenvalue weighted by Crippen LogP contribution is 2.33. The predicted molar refractivity (Wildman–Crippen MR) is 184 cm³/mol. The monoisotopic (exact) mass is 646 g/mol. The van der Waals surface area contributed by atoms with Crippen LogP contribution in [-0.4, -0.2) is 44.4 Å². The number of hydrogen-bond acceptors (Lipinski definition) is 7. The molecule has 248 valence electrons. The number of likely N-dealkylation sites (tertiary alicyclic amines) is 1. The normalized spacial score (nSPS) is 13.6. The Hall–Kier alpha value is -5.31. The van der Waals surface area contributed by atoms with Crippen molar-refractivity contribution < 1.29 is 23.7 Å². The van der Waals surface area contributed by atoms with Crippen LogP contribution in [0.25, 0.3) is 11.1 Å². The van der Waals surface area contributed by atoms with E-state index >= 15 is 0 Å². The van der Waals surface area contributed by atoms with E-state index in [0.717, 1.165) is 46.4 Å². The number of hydrogen-bond donors (Lipinski definition) is 0. The second kappa shape index (κ2) is 15.1. The molecule has 0 aliphatic carbocycles. The maximum Gasteiger partial charge on any atom is 0.410 e. The van der Waals surface area contributed by atoms with Gasteiger partial charge < -0.3 is 23.8 Å². The third-order valence-electron chi connectivity index (χ3n) is 8.00. The summed E-state index contributed by atoms with van der Waals surface area (Å²) >= 11 is 0. The summed E-state index contributed by atoms with van der Waals surface area (Å²) in [4.78, 5) is 18.9. The molecule has 6 rings (SSSR count). The van der Waals surface area contributed by atoms with E-state index in [1.165, 1.54) is 0 Å². The molecule has 9 heteroatoms. The first kappa shape index (κ1) is 32.6. The van der Waals surface area contributed by atoms with E-state index in [1.807, 2.05) is 135 Å². The molecule has 0 bridgehead atoms. The number of nitrogens with zero attached hydrogens (tertiary/aromatic N) is 4.